The number of carbonyl (C=O) groups is 1. The molecule has 0 unspecified atom stereocenters. The molecule has 0 aliphatic heterocycles. The zero-order chi connectivity index (χ0) is 19.4. The predicted octanol–water partition coefficient (Wildman–Crippen LogP) is 5.00. The van der Waals surface area contributed by atoms with Crippen LogP contribution in [0.5, 0.6) is 11.5 Å². The van der Waals surface area contributed by atoms with Crippen LogP contribution in [0.4, 0.5) is 13.2 Å². The summed E-state index contributed by atoms with van der Waals surface area (Å²) in [5.41, 5.74) is 0.939. The summed E-state index contributed by atoms with van der Waals surface area (Å²) in [6.07, 6.45) is -3.54. The Hall–Kier alpha value is -3.35. The first-order chi connectivity index (χ1) is 12.9. The van der Waals surface area contributed by atoms with Crippen LogP contribution in [0.1, 0.15) is 15.9 Å². The monoisotopic (exact) mass is 373 g/mol. The predicted molar refractivity (Wildman–Crippen MR) is 94.8 cm³/mol. The molecule has 0 aliphatic rings. The highest BCUT2D eigenvalue weighted by Crippen LogP contribution is 2.28. The van der Waals surface area contributed by atoms with Gasteiger partial charge in [-0.25, -0.2) is 0 Å². The fourth-order valence-corrected chi connectivity index (χ4v) is 2.62. The number of rotatable bonds is 6. The number of fused-ring (bicyclic) bond motifs is 1. The molecule has 0 amide bonds. The highest BCUT2D eigenvalue weighted by atomic mass is 19.4. The molecule has 3 aromatic rings. The zero-order valence-corrected chi connectivity index (χ0v) is 13.9. The average molecular weight is 373 g/mol. The molecule has 3 rings (SSSR count). The molecule has 0 spiro atoms. The van der Waals surface area contributed by atoms with E-state index in [1.165, 1.54) is 18.3 Å². The van der Waals surface area contributed by atoms with Gasteiger partial charge >= 0.3 is 6.36 Å². The average Bonchev–Trinajstić information content (AvgIpc) is 2.65. The summed E-state index contributed by atoms with van der Waals surface area (Å²) in [5, 5.41) is 9.04. The van der Waals surface area contributed by atoms with E-state index in [1.807, 2.05) is 24.3 Å². The minimum atomic E-state index is -4.78. The Bertz CT molecular complexity index is 982. The molecule has 0 aliphatic carbocycles. The van der Waals surface area contributed by atoms with Crippen molar-refractivity contribution < 1.29 is 27.4 Å². The van der Waals surface area contributed by atoms with Gasteiger partial charge in [0.1, 0.15) is 11.5 Å². The normalized spacial score (nSPS) is 11.2. The van der Waals surface area contributed by atoms with Crippen molar-refractivity contribution in [2.75, 3.05) is 6.61 Å². The highest BCUT2D eigenvalue weighted by Gasteiger charge is 2.31. The lowest BCUT2D eigenvalue weighted by atomic mass is 10.0. The van der Waals surface area contributed by atoms with Crippen LogP contribution in [0.3, 0.4) is 0 Å². The van der Waals surface area contributed by atoms with Crippen LogP contribution in [-0.4, -0.2) is 25.0 Å². The smallest absolute Gasteiger partial charge is 0.485 e. The van der Waals surface area contributed by atoms with E-state index in [9.17, 15) is 18.0 Å². The van der Waals surface area contributed by atoms with Crippen molar-refractivity contribution in [2.24, 2.45) is 0 Å². The van der Waals surface area contributed by atoms with Crippen LogP contribution in [0.15, 0.2) is 60.7 Å². The summed E-state index contributed by atoms with van der Waals surface area (Å²) in [7, 11) is 0. The van der Waals surface area contributed by atoms with Crippen molar-refractivity contribution in [1.29, 1.82) is 5.41 Å². The number of alkyl halides is 3. The maximum atomic E-state index is 12.2. The molecule has 7 heteroatoms. The lowest BCUT2D eigenvalue weighted by molar-refractivity contribution is -0.274. The van der Waals surface area contributed by atoms with Gasteiger partial charge in [-0.3, -0.25) is 4.79 Å². The zero-order valence-electron chi connectivity index (χ0n) is 13.9. The van der Waals surface area contributed by atoms with Gasteiger partial charge < -0.3 is 14.9 Å². The van der Waals surface area contributed by atoms with E-state index < -0.39 is 12.1 Å². The second-order valence-electron chi connectivity index (χ2n) is 5.63. The fourth-order valence-electron chi connectivity index (χ4n) is 2.62. The first-order valence-electron chi connectivity index (χ1n) is 7.91. The molecule has 0 saturated heterocycles. The van der Waals surface area contributed by atoms with Gasteiger partial charge in [-0.05, 0) is 41.8 Å². The van der Waals surface area contributed by atoms with Crippen LogP contribution < -0.4 is 9.47 Å². The molecule has 0 aromatic heterocycles. The topological polar surface area (TPSA) is 59.4 Å². The van der Waals surface area contributed by atoms with E-state index in [4.69, 9.17) is 10.1 Å². The summed E-state index contributed by atoms with van der Waals surface area (Å²) in [5.74, 6) is -0.288. The van der Waals surface area contributed by atoms with Gasteiger partial charge in [0.25, 0.3) is 0 Å². The van der Waals surface area contributed by atoms with Crippen LogP contribution in [-0.2, 0) is 0 Å². The number of ether oxygens (including phenoxy) is 2. The first kappa shape index (κ1) is 18.4. The van der Waals surface area contributed by atoms with E-state index >= 15 is 0 Å². The molecule has 4 nitrogen and oxygen atoms in total. The summed E-state index contributed by atoms with van der Waals surface area (Å²) in [6, 6.07) is 15.4. The van der Waals surface area contributed by atoms with Crippen LogP contribution >= 0.6 is 0 Å². The molecule has 0 bridgehead atoms. The number of hydrogen-bond acceptors (Lipinski definition) is 4. The van der Waals surface area contributed by atoms with Gasteiger partial charge in [0.2, 0.25) is 0 Å². The van der Waals surface area contributed by atoms with Gasteiger partial charge in [0.05, 0.1) is 0 Å². The van der Waals surface area contributed by atoms with Crippen molar-refractivity contribution in [3.05, 3.63) is 71.8 Å². The summed E-state index contributed by atoms with van der Waals surface area (Å²) in [6.45, 7) is -0.270. The number of benzene rings is 3. The Morgan fingerprint density at radius 3 is 2.26 bits per heavy atom. The molecule has 0 radical (unpaired) electrons. The van der Waals surface area contributed by atoms with E-state index in [0.717, 1.165) is 28.5 Å². The Morgan fingerprint density at radius 1 is 0.963 bits per heavy atom. The number of halogens is 3. The minimum Gasteiger partial charge on any atom is -0.485 e. The molecule has 0 heterocycles. The van der Waals surface area contributed by atoms with Gasteiger partial charge in [0.15, 0.2) is 12.4 Å². The van der Waals surface area contributed by atoms with Crippen molar-refractivity contribution in [3.63, 3.8) is 0 Å². The second-order valence-corrected chi connectivity index (χ2v) is 5.63. The van der Waals surface area contributed by atoms with Crippen molar-refractivity contribution in [2.45, 2.75) is 6.36 Å². The lowest BCUT2D eigenvalue weighted by Crippen LogP contribution is -2.17. The second kappa shape index (κ2) is 7.49. The summed E-state index contributed by atoms with van der Waals surface area (Å²) >= 11 is 0. The molecular weight excluding hydrogens is 359 g/mol. The Morgan fingerprint density at radius 2 is 1.63 bits per heavy atom. The van der Waals surface area contributed by atoms with Crippen LogP contribution in [0, 0.1) is 5.41 Å². The lowest BCUT2D eigenvalue weighted by Gasteiger charge is -2.11. The van der Waals surface area contributed by atoms with Crippen molar-refractivity contribution in [1.82, 2.24) is 0 Å². The van der Waals surface area contributed by atoms with Crippen molar-refractivity contribution >= 4 is 22.8 Å². The molecule has 1 N–H and O–H groups in total. The quantitative estimate of drug-likeness (QED) is 0.489. The SMILES string of the molecule is N=Cc1ccc(OCC(=O)c2ccc(OC(F)(F)F)cc2)c2ccccc12. The molecular formula is C20H14F3NO3. The number of carbonyl (C=O) groups excluding carboxylic acids is 1. The van der Waals surface area contributed by atoms with Crippen molar-refractivity contribution in [3.8, 4) is 11.5 Å². The summed E-state index contributed by atoms with van der Waals surface area (Å²) < 4.78 is 45.9. The van der Waals surface area contributed by atoms with E-state index in [2.05, 4.69) is 4.74 Å². The molecule has 0 atom stereocenters. The Balaban J connectivity index is 1.73. The molecule has 3 aromatic carbocycles. The number of Topliss-reactive ketones (excluding diaryl/α,β-unsaturated/α-hetero) is 1. The maximum absolute atomic E-state index is 12.2. The van der Waals surface area contributed by atoms with E-state index in [0.29, 0.717) is 5.75 Å². The number of hydrogen-bond donors (Lipinski definition) is 1. The maximum Gasteiger partial charge on any atom is 0.573 e. The number of nitrogens with one attached hydrogen (secondary N) is 1. The third kappa shape index (κ3) is 4.44. The van der Waals surface area contributed by atoms with Gasteiger partial charge in [-0.1, -0.05) is 24.3 Å². The van der Waals surface area contributed by atoms with E-state index in [1.54, 1.807) is 12.1 Å². The molecule has 0 saturated carbocycles. The standard InChI is InChI=1S/C20H14F3NO3/c21-20(22,23)27-15-8-5-13(6-9-15)18(25)12-26-19-10-7-14(11-24)16-3-1-2-4-17(16)19/h1-11,24H,12H2. The van der Waals surface area contributed by atoms with E-state index in [-0.39, 0.29) is 18.0 Å². The van der Waals surface area contributed by atoms with Crippen LogP contribution in [0.2, 0.25) is 0 Å². The largest absolute Gasteiger partial charge is 0.573 e. The molecule has 138 valence electrons. The third-order valence-electron chi connectivity index (χ3n) is 3.84. The molecule has 27 heavy (non-hydrogen) atoms. The van der Waals surface area contributed by atoms with Gasteiger partial charge in [-0.15, -0.1) is 13.2 Å². The van der Waals surface area contributed by atoms with Gasteiger partial charge in [-0.2, -0.15) is 0 Å². The third-order valence-corrected chi connectivity index (χ3v) is 3.84. The van der Waals surface area contributed by atoms with Gasteiger partial charge in [0, 0.05) is 22.7 Å². The van der Waals surface area contributed by atoms with Crippen LogP contribution in [0.25, 0.3) is 10.8 Å². The Labute approximate surface area is 152 Å². The number of ketones is 1. The fraction of sp³-hybridized carbons (Fsp3) is 0.100. The first-order valence-corrected chi connectivity index (χ1v) is 7.91. The summed E-state index contributed by atoms with van der Waals surface area (Å²) in [4.78, 5) is 12.2. The highest BCUT2D eigenvalue weighted by molar-refractivity contribution is 6.02. The Kier molecular flexibility index (Phi) is 5.12. The minimum absolute atomic E-state index is 0.213. The molecule has 0 fully saturated rings.